The van der Waals surface area contributed by atoms with Gasteiger partial charge in [-0.15, -0.1) is 22.7 Å². The van der Waals surface area contributed by atoms with Crippen LogP contribution in [0.25, 0.3) is 0 Å². The fourth-order valence-corrected chi connectivity index (χ4v) is 4.53. The van der Waals surface area contributed by atoms with E-state index in [4.69, 9.17) is 9.47 Å². The zero-order valence-electron chi connectivity index (χ0n) is 15.9. The van der Waals surface area contributed by atoms with Gasteiger partial charge in [-0.2, -0.15) is 0 Å². The average molecular weight is 418 g/mol. The fourth-order valence-electron chi connectivity index (χ4n) is 3.27. The van der Waals surface area contributed by atoms with Gasteiger partial charge >= 0.3 is 0 Å². The Balaban J connectivity index is 1.46. The predicted octanol–water partition coefficient (Wildman–Crippen LogP) is 3.36. The zero-order valence-corrected chi connectivity index (χ0v) is 17.6. The van der Waals surface area contributed by atoms with Gasteiger partial charge in [0.05, 0.1) is 34.2 Å². The van der Waals surface area contributed by atoms with Crippen molar-refractivity contribution in [2.24, 2.45) is 0 Å². The number of ether oxygens (including phenoxy) is 2. The highest BCUT2D eigenvalue weighted by Crippen LogP contribution is 2.29. The van der Waals surface area contributed by atoms with E-state index in [-0.39, 0.29) is 0 Å². The van der Waals surface area contributed by atoms with Gasteiger partial charge < -0.3 is 19.3 Å². The van der Waals surface area contributed by atoms with Gasteiger partial charge in [0.2, 0.25) is 0 Å². The first-order valence-corrected chi connectivity index (χ1v) is 10.7. The summed E-state index contributed by atoms with van der Waals surface area (Å²) in [6.45, 7) is 3.43. The lowest BCUT2D eigenvalue weighted by molar-refractivity contribution is 0.244. The first-order valence-electron chi connectivity index (χ1n) is 8.99. The lowest BCUT2D eigenvalue weighted by atomic mass is 10.1. The van der Waals surface area contributed by atoms with Gasteiger partial charge in [0.1, 0.15) is 0 Å². The number of hydrogen-bond donors (Lipinski definition) is 0. The van der Waals surface area contributed by atoms with Crippen LogP contribution in [0.1, 0.15) is 5.56 Å². The molecule has 0 saturated carbocycles. The number of aromatic nitrogens is 2. The van der Waals surface area contributed by atoms with Gasteiger partial charge in [-0.3, -0.25) is 4.90 Å². The van der Waals surface area contributed by atoms with E-state index in [0.29, 0.717) is 0 Å². The van der Waals surface area contributed by atoms with Crippen LogP contribution in [0.4, 0.5) is 10.3 Å². The standard InChI is InChI=1S/C19H23N5O2S2/c1-25-16-4-3-15(11-17(16)26-2)5-8-22-12-23(18-20-6-9-27-18)14-24(13-22)19-21-7-10-28-19/h3-4,6-7,9-11H,5,8,12-14H2,1-2H3. The largest absolute Gasteiger partial charge is 0.493 e. The fraction of sp³-hybridized carbons (Fsp3) is 0.368. The lowest BCUT2D eigenvalue weighted by Crippen LogP contribution is -2.55. The Bertz CT molecular complexity index is 830. The molecule has 0 N–H and O–H groups in total. The van der Waals surface area contributed by atoms with Crippen molar-refractivity contribution in [3.8, 4) is 11.5 Å². The minimum atomic E-state index is 0.758. The first-order chi connectivity index (χ1) is 13.8. The number of rotatable bonds is 7. The van der Waals surface area contributed by atoms with Gasteiger partial charge in [0, 0.05) is 29.7 Å². The monoisotopic (exact) mass is 417 g/mol. The highest BCUT2D eigenvalue weighted by molar-refractivity contribution is 7.14. The highest BCUT2D eigenvalue weighted by Gasteiger charge is 2.26. The summed E-state index contributed by atoms with van der Waals surface area (Å²) in [4.78, 5) is 16.0. The molecule has 3 aromatic rings. The Morgan fingerprint density at radius 3 is 2.07 bits per heavy atom. The van der Waals surface area contributed by atoms with Crippen LogP contribution in [0.3, 0.4) is 0 Å². The van der Waals surface area contributed by atoms with E-state index < -0.39 is 0 Å². The third-order valence-corrected chi connectivity index (χ3v) is 6.29. The Hall–Kier alpha value is -2.36. The molecule has 0 bridgehead atoms. The summed E-state index contributed by atoms with van der Waals surface area (Å²) in [6.07, 6.45) is 4.64. The molecule has 0 spiro atoms. The van der Waals surface area contributed by atoms with E-state index in [1.165, 1.54) is 5.56 Å². The number of thiazole rings is 2. The van der Waals surface area contributed by atoms with E-state index in [2.05, 4.69) is 36.8 Å². The SMILES string of the molecule is COc1ccc(CCN2CN(c3nccs3)CN(c3nccs3)C2)cc1OC. The maximum atomic E-state index is 5.43. The second kappa shape index (κ2) is 8.76. The van der Waals surface area contributed by atoms with E-state index in [9.17, 15) is 0 Å². The molecule has 0 unspecified atom stereocenters. The molecule has 1 aromatic carbocycles. The molecule has 28 heavy (non-hydrogen) atoms. The molecule has 4 rings (SSSR count). The highest BCUT2D eigenvalue weighted by atomic mass is 32.1. The summed E-state index contributed by atoms with van der Waals surface area (Å²) in [7, 11) is 3.33. The molecular formula is C19H23N5O2S2. The minimum absolute atomic E-state index is 0.758. The molecule has 3 heterocycles. The maximum Gasteiger partial charge on any atom is 0.187 e. The van der Waals surface area contributed by atoms with E-state index in [0.717, 1.165) is 54.7 Å². The van der Waals surface area contributed by atoms with Crippen molar-refractivity contribution in [3.63, 3.8) is 0 Å². The second-order valence-corrected chi connectivity index (χ2v) is 8.21. The summed E-state index contributed by atoms with van der Waals surface area (Å²) in [5, 5.41) is 6.12. The van der Waals surface area contributed by atoms with Crippen LogP contribution in [-0.4, -0.2) is 55.6 Å². The third-order valence-electron chi connectivity index (χ3n) is 4.63. The summed E-state index contributed by atoms with van der Waals surface area (Å²) < 4.78 is 10.8. The van der Waals surface area contributed by atoms with Crippen molar-refractivity contribution in [2.75, 3.05) is 50.6 Å². The quantitative estimate of drug-likeness (QED) is 0.584. The number of anilines is 2. The van der Waals surface area contributed by atoms with E-state index in [1.807, 2.05) is 29.2 Å². The molecule has 1 saturated heterocycles. The Labute approximate surface area is 172 Å². The molecular weight excluding hydrogens is 394 g/mol. The molecule has 1 aliphatic heterocycles. The maximum absolute atomic E-state index is 5.43. The number of nitrogens with zero attached hydrogens (tertiary/aromatic N) is 5. The second-order valence-electron chi connectivity index (χ2n) is 6.47. The van der Waals surface area contributed by atoms with Crippen LogP contribution < -0.4 is 19.3 Å². The molecule has 0 amide bonds. The lowest BCUT2D eigenvalue weighted by Gasteiger charge is -2.42. The minimum Gasteiger partial charge on any atom is -0.493 e. The smallest absolute Gasteiger partial charge is 0.187 e. The van der Waals surface area contributed by atoms with Crippen molar-refractivity contribution < 1.29 is 9.47 Å². The molecule has 0 atom stereocenters. The Kier molecular flexibility index (Phi) is 5.94. The van der Waals surface area contributed by atoms with Gasteiger partial charge in [-0.05, 0) is 24.1 Å². The van der Waals surface area contributed by atoms with Crippen LogP contribution >= 0.6 is 22.7 Å². The molecule has 7 nitrogen and oxygen atoms in total. The molecule has 9 heteroatoms. The van der Waals surface area contributed by atoms with Gasteiger partial charge in [-0.1, -0.05) is 6.07 Å². The van der Waals surface area contributed by atoms with Gasteiger partial charge in [0.15, 0.2) is 21.8 Å². The van der Waals surface area contributed by atoms with Gasteiger partial charge in [0.25, 0.3) is 0 Å². The summed E-state index contributed by atoms with van der Waals surface area (Å²) in [5.41, 5.74) is 1.23. The summed E-state index contributed by atoms with van der Waals surface area (Å²) >= 11 is 3.34. The van der Waals surface area contributed by atoms with Crippen LogP contribution in [-0.2, 0) is 6.42 Å². The molecule has 1 fully saturated rings. The average Bonchev–Trinajstić information content (AvgIpc) is 3.46. The van der Waals surface area contributed by atoms with Crippen LogP contribution in [0.5, 0.6) is 11.5 Å². The molecule has 1 aliphatic rings. The predicted molar refractivity (Wildman–Crippen MR) is 114 cm³/mol. The Morgan fingerprint density at radius 1 is 0.893 bits per heavy atom. The number of methoxy groups -OCH3 is 2. The summed E-state index contributed by atoms with van der Waals surface area (Å²) in [6, 6.07) is 6.12. The Morgan fingerprint density at radius 2 is 1.54 bits per heavy atom. The molecule has 0 aliphatic carbocycles. The number of hydrogen-bond acceptors (Lipinski definition) is 9. The van der Waals surface area contributed by atoms with Crippen LogP contribution in [0, 0.1) is 0 Å². The third kappa shape index (κ3) is 4.21. The zero-order chi connectivity index (χ0) is 19.3. The normalized spacial score (nSPS) is 15.1. The van der Waals surface area contributed by atoms with Crippen molar-refractivity contribution in [1.29, 1.82) is 0 Å². The summed E-state index contributed by atoms with van der Waals surface area (Å²) in [5.74, 6) is 1.53. The topological polar surface area (TPSA) is 54.0 Å². The molecule has 0 radical (unpaired) electrons. The van der Waals surface area contributed by atoms with Crippen molar-refractivity contribution in [3.05, 3.63) is 46.9 Å². The first kappa shape index (κ1) is 19.0. The van der Waals surface area contributed by atoms with Gasteiger partial charge in [-0.25, -0.2) is 9.97 Å². The van der Waals surface area contributed by atoms with Crippen LogP contribution in [0.2, 0.25) is 0 Å². The van der Waals surface area contributed by atoms with E-state index in [1.54, 1.807) is 36.9 Å². The molecule has 2 aromatic heterocycles. The van der Waals surface area contributed by atoms with Crippen molar-refractivity contribution in [2.45, 2.75) is 6.42 Å². The van der Waals surface area contributed by atoms with Crippen molar-refractivity contribution >= 4 is 32.9 Å². The number of benzene rings is 1. The van der Waals surface area contributed by atoms with Crippen LogP contribution in [0.15, 0.2) is 41.4 Å². The van der Waals surface area contributed by atoms with Crippen molar-refractivity contribution in [1.82, 2.24) is 14.9 Å². The molecule has 148 valence electrons. The van der Waals surface area contributed by atoms with E-state index >= 15 is 0 Å².